The molecule has 0 aliphatic carbocycles. The van der Waals surface area contributed by atoms with Crippen molar-refractivity contribution in [3.63, 3.8) is 0 Å². The van der Waals surface area contributed by atoms with Crippen LogP contribution in [0.2, 0.25) is 0 Å². The van der Waals surface area contributed by atoms with Gasteiger partial charge < -0.3 is 16.3 Å². The molecule has 0 aliphatic heterocycles. The highest BCUT2D eigenvalue weighted by Crippen LogP contribution is 2.07. The number of aryl methyl sites for hydroxylation is 1. The maximum Gasteiger partial charge on any atom is 0.224 e. The fraction of sp³-hybridized carbons (Fsp3) is 0.385. The number of hydrogen-bond donors (Lipinski definition) is 3. The van der Waals surface area contributed by atoms with Crippen molar-refractivity contribution < 1.29 is 10.0 Å². The Bertz CT molecular complexity index is 444. The zero-order valence-corrected chi connectivity index (χ0v) is 10.7. The summed E-state index contributed by atoms with van der Waals surface area (Å²) >= 11 is 0. The number of nitrogens with one attached hydrogen (secondary N) is 1. The van der Waals surface area contributed by atoms with Crippen LogP contribution in [0.1, 0.15) is 24.5 Å². The lowest BCUT2D eigenvalue weighted by Crippen LogP contribution is -2.36. The first-order valence-corrected chi connectivity index (χ1v) is 5.83. The highest BCUT2D eigenvalue weighted by molar-refractivity contribution is 5.82. The summed E-state index contributed by atoms with van der Waals surface area (Å²) in [5.74, 6) is 0.0428. The van der Waals surface area contributed by atoms with E-state index in [9.17, 15) is 4.79 Å². The topological polar surface area (TPSA) is 87.7 Å². The van der Waals surface area contributed by atoms with Gasteiger partial charge in [-0.3, -0.25) is 4.79 Å². The molecule has 0 aliphatic rings. The molecule has 0 fully saturated rings. The third kappa shape index (κ3) is 4.45. The Labute approximate surface area is 107 Å². The first-order valence-electron chi connectivity index (χ1n) is 5.83. The van der Waals surface area contributed by atoms with E-state index in [1.165, 1.54) is 0 Å². The fourth-order valence-corrected chi connectivity index (χ4v) is 1.71. The van der Waals surface area contributed by atoms with Crippen LogP contribution in [0.25, 0.3) is 0 Å². The highest BCUT2D eigenvalue weighted by Gasteiger charge is 2.10. The van der Waals surface area contributed by atoms with Gasteiger partial charge in [0.05, 0.1) is 6.42 Å². The van der Waals surface area contributed by atoms with Crippen LogP contribution in [0.15, 0.2) is 29.4 Å². The van der Waals surface area contributed by atoms with Crippen LogP contribution in [-0.2, 0) is 11.2 Å². The van der Waals surface area contributed by atoms with Gasteiger partial charge in [0.25, 0.3) is 0 Å². The molecule has 5 heteroatoms. The number of hydrogen-bond acceptors (Lipinski definition) is 3. The van der Waals surface area contributed by atoms with E-state index in [-0.39, 0.29) is 17.8 Å². The number of nitrogens with zero attached hydrogens (tertiary/aromatic N) is 1. The third-order valence-corrected chi connectivity index (χ3v) is 2.66. The van der Waals surface area contributed by atoms with Gasteiger partial charge in [-0.1, -0.05) is 29.4 Å². The molecule has 18 heavy (non-hydrogen) atoms. The average Bonchev–Trinajstić information content (AvgIpc) is 2.31. The van der Waals surface area contributed by atoms with E-state index in [0.29, 0.717) is 12.8 Å². The van der Waals surface area contributed by atoms with Crippen LogP contribution < -0.4 is 11.1 Å². The second-order valence-corrected chi connectivity index (χ2v) is 4.37. The fourth-order valence-electron chi connectivity index (χ4n) is 1.71. The van der Waals surface area contributed by atoms with E-state index in [1.54, 1.807) is 0 Å². The lowest BCUT2D eigenvalue weighted by Gasteiger charge is -2.13. The molecule has 0 heterocycles. The number of amides is 1. The minimum absolute atomic E-state index is 0.0671. The first-order chi connectivity index (χ1) is 8.52. The summed E-state index contributed by atoms with van der Waals surface area (Å²) in [6.45, 7) is 3.79. The van der Waals surface area contributed by atoms with Crippen LogP contribution in [0.3, 0.4) is 0 Å². The van der Waals surface area contributed by atoms with Gasteiger partial charge in [-0.25, -0.2) is 0 Å². The van der Waals surface area contributed by atoms with Crippen molar-refractivity contribution in [2.45, 2.75) is 32.7 Å². The van der Waals surface area contributed by atoms with Crippen molar-refractivity contribution in [2.75, 3.05) is 0 Å². The summed E-state index contributed by atoms with van der Waals surface area (Å²) in [6.07, 6.45) is 0.670. The van der Waals surface area contributed by atoms with Gasteiger partial charge >= 0.3 is 0 Å². The second-order valence-electron chi connectivity index (χ2n) is 4.37. The number of amidine groups is 1. The minimum atomic E-state index is -0.155. The van der Waals surface area contributed by atoms with Crippen LogP contribution in [0.4, 0.5) is 0 Å². The van der Waals surface area contributed by atoms with Gasteiger partial charge in [-0.05, 0) is 25.0 Å². The largest absolute Gasteiger partial charge is 0.409 e. The third-order valence-electron chi connectivity index (χ3n) is 2.66. The second kappa shape index (κ2) is 6.64. The van der Waals surface area contributed by atoms with Gasteiger partial charge in [0.2, 0.25) is 5.91 Å². The molecule has 1 atom stereocenters. The summed E-state index contributed by atoms with van der Waals surface area (Å²) in [7, 11) is 0. The number of carbonyl (C=O) groups excluding carboxylic acids is 1. The molecule has 1 aromatic carbocycles. The maximum atomic E-state index is 11.8. The van der Waals surface area contributed by atoms with Crippen LogP contribution in [0.5, 0.6) is 0 Å². The molecule has 0 saturated carbocycles. The van der Waals surface area contributed by atoms with Crippen molar-refractivity contribution in [3.8, 4) is 0 Å². The molecule has 1 unspecified atom stereocenters. The van der Waals surface area contributed by atoms with Gasteiger partial charge in [-0.2, -0.15) is 0 Å². The predicted octanol–water partition coefficient (Wildman–Crippen LogP) is 1.18. The van der Waals surface area contributed by atoms with E-state index in [4.69, 9.17) is 10.9 Å². The molecule has 1 rings (SSSR count). The first kappa shape index (κ1) is 14.0. The van der Waals surface area contributed by atoms with Crippen LogP contribution in [-0.4, -0.2) is 23.0 Å². The van der Waals surface area contributed by atoms with Gasteiger partial charge in [0, 0.05) is 12.5 Å². The van der Waals surface area contributed by atoms with Crippen LogP contribution >= 0.6 is 0 Å². The molecule has 0 aromatic heterocycles. The Balaban J connectivity index is 2.50. The van der Waals surface area contributed by atoms with Crippen molar-refractivity contribution >= 4 is 11.7 Å². The van der Waals surface area contributed by atoms with E-state index in [2.05, 4.69) is 10.5 Å². The molecule has 1 aromatic rings. The molecule has 0 radical (unpaired) electrons. The molecule has 4 N–H and O–H groups in total. The molecular weight excluding hydrogens is 230 g/mol. The Kier molecular flexibility index (Phi) is 5.17. The summed E-state index contributed by atoms with van der Waals surface area (Å²) in [6, 6.07) is 7.61. The van der Waals surface area contributed by atoms with Crippen molar-refractivity contribution in [2.24, 2.45) is 10.9 Å². The van der Waals surface area contributed by atoms with E-state index in [0.717, 1.165) is 11.1 Å². The van der Waals surface area contributed by atoms with E-state index in [1.807, 2.05) is 38.1 Å². The number of nitrogens with two attached hydrogens (primary N) is 1. The monoisotopic (exact) mass is 249 g/mol. The maximum absolute atomic E-state index is 11.8. The smallest absolute Gasteiger partial charge is 0.224 e. The molecule has 0 bridgehead atoms. The zero-order chi connectivity index (χ0) is 13.5. The Hall–Kier alpha value is -2.04. The molecule has 0 saturated heterocycles. The predicted molar refractivity (Wildman–Crippen MR) is 70.5 cm³/mol. The number of carbonyl (C=O) groups is 1. The summed E-state index contributed by atoms with van der Waals surface area (Å²) in [4.78, 5) is 11.8. The quantitative estimate of drug-likeness (QED) is 0.317. The van der Waals surface area contributed by atoms with E-state index < -0.39 is 0 Å². The lowest BCUT2D eigenvalue weighted by atomic mass is 10.1. The normalized spacial score (nSPS) is 13.1. The molecule has 1 amide bonds. The van der Waals surface area contributed by atoms with E-state index >= 15 is 0 Å². The highest BCUT2D eigenvalue weighted by atomic mass is 16.4. The van der Waals surface area contributed by atoms with Gasteiger partial charge in [0.15, 0.2) is 0 Å². The summed E-state index contributed by atoms with van der Waals surface area (Å²) in [5.41, 5.74) is 7.47. The molecular formula is C13H19N3O2. The summed E-state index contributed by atoms with van der Waals surface area (Å²) in [5, 5.41) is 14.1. The number of benzene rings is 1. The Morgan fingerprint density at radius 3 is 2.78 bits per heavy atom. The minimum Gasteiger partial charge on any atom is -0.409 e. The lowest BCUT2D eigenvalue weighted by molar-refractivity contribution is -0.121. The summed E-state index contributed by atoms with van der Waals surface area (Å²) < 4.78 is 0. The van der Waals surface area contributed by atoms with Crippen molar-refractivity contribution in [3.05, 3.63) is 35.4 Å². The van der Waals surface area contributed by atoms with Crippen molar-refractivity contribution in [1.82, 2.24) is 5.32 Å². The standard InChI is InChI=1S/C13H19N3O2/c1-9-5-3-4-6-11(9)8-13(17)15-10(2)7-12(14)16-18/h3-6,10,18H,7-8H2,1-2H3,(H2,14,16)(H,15,17). The Morgan fingerprint density at radius 2 is 2.17 bits per heavy atom. The molecule has 98 valence electrons. The number of rotatable bonds is 5. The number of oxime groups is 1. The Morgan fingerprint density at radius 1 is 1.50 bits per heavy atom. The molecule has 5 nitrogen and oxygen atoms in total. The SMILES string of the molecule is Cc1ccccc1CC(=O)NC(C)CC(N)=NO. The zero-order valence-electron chi connectivity index (χ0n) is 10.7. The molecule has 0 spiro atoms. The van der Waals surface area contributed by atoms with Crippen molar-refractivity contribution in [1.29, 1.82) is 0 Å². The average molecular weight is 249 g/mol. The van der Waals surface area contributed by atoms with Gasteiger partial charge in [-0.15, -0.1) is 0 Å². The van der Waals surface area contributed by atoms with Gasteiger partial charge in [0.1, 0.15) is 5.84 Å². The van der Waals surface area contributed by atoms with Crippen LogP contribution in [0, 0.1) is 6.92 Å².